The Kier molecular flexibility index (Phi) is 6.01. The standard InChI is InChI=1S/C22H17ClF3N3O3/c23-15-9-12(22(24,25)26)10-27-20(15)29-18(30)11-32-21(31)19-13-5-1-3-7-16(13)28-17-8-4-2-6-14(17)19/h1,3,5,7,9-10H,2,4,6,8,11H2,(H,27,29,30). The number of rotatable bonds is 4. The minimum absolute atomic E-state index is 0.257. The molecule has 0 fully saturated rings. The normalized spacial score (nSPS) is 13.5. The number of aryl methyl sites for hydroxylation is 1. The summed E-state index contributed by atoms with van der Waals surface area (Å²) < 4.78 is 43.4. The highest BCUT2D eigenvalue weighted by molar-refractivity contribution is 6.33. The second-order valence-electron chi connectivity index (χ2n) is 7.31. The summed E-state index contributed by atoms with van der Waals surface area (Å²) in [6.07, 6.45) is -0.694. The number of pyridine rings is 2. The summed E-state index contributed by atoms with van der Waals surface area (Å²) in [6.45, 7) is -0.650. The number of hydrogen-bond acceptors (Lipinski definition) is 5. The van der Waals surface area contributed by atoms with Crippen LogP contribution >= 0.6 is 11.6 Å². The van der Waals surface area contributed by atoms with Crippen molar-refractivity contribution < 1.29 is 27.5 Å². The van der Waals surface area contributed by atoms with Crippen LogP contribution < -0.4 is 5.32 Å². The van der Waals surface area contributed by atoms with Gasteiger partial charge in [0.2, 0.25) is 0 Å². The molecule has 1 amide bonds. The van der Waals surface area contributed by atoms with Crippen molar-refractivity contribution >= 4 is 40.2 Å². The lowest BCUT2D eigenvalue weighted by atomic mass is 9.90. The van der Waals surface area contributed by atoms with E-state index in [1.54, 1.807) is 12.1 Å². The zero-order chi connectivity index (χ0) is 22.9. The van der Waals surface area contributed by atoms with Crippen LogP contribution in [0, 0.1) is 0 Å². The first kappa shape index (κ1) is 22.0. The van der Waals surface area contributed by atoms with Crippen LogP contribution in [-0.4, -0.2) is 28.5 Å². The first-order valence-electron chi connectivity index (χ1n) is 9.84. The van der Waals surface area contributed by atoms with Crippen molar-refractivity contribution in [1.29, 1.82) is 0 Å². The molecular weight excluding hydrogens is 447 g/mol. The molecule has 2 aromatic heterocycles. The SMILES string of the molecule is O=C(COC(=O)c1c2c(nc3ccccc13)CCCC2)Nc1ncc(C(F)(F)F)cc1Cl. The quantitative estimate of drug-likeness (QED) is 0.552. The van der Waals surface area contributed by atoms with E-state index in [1.165, 1.54) is 0 Å². The Labute approximate surface area is 185 Å². The lowest BCUT2D eigenvalue weighted by Crippen LogP contribution is -2.23. The molecule has 4 rings (SSSR count). The first-order valence-corrected chi connectivity index (χ1v) is 10.2. The molecule has 0 aliphatic heterocycles. The Bertz CT molecular complexity index is 1210. The van der Waals surface area contributed by atoms with Gasteiger partial charge in [0.05, 0.1) is 21.7 Å². The average molecular weight is 464 g/mol. The number of amides is 1. The van der Waals surface area contributed by atoms with Crippen molar-refractivity contribution in [2.45, 2.75) is 31.9 Å². The predicted molar refractivity (Wildman–Crippen MR) is 112 cm³/mol. The zero-order valence-corrected chi connectivity index (χ0v) is 17.4. The Hall–Kier alpha value is -3.20. The van der Waals surface area contributed by atoms with Gasteiger partial charge in [0.1, 0.15) is 0 Å². The number of esters is 1. The maximum absolute atomic E-state index is 12.9. The molecule has 1 aromatic carbocycles. The molecule has 0 bridgehead atoms. The van der Waals surface area contributed by atoms with Gasteiger partial charge in [0, 0.05) is 17.3 Å². The van der Waals surface area contributed by atoms with E-state index < -0.39 is 30.2 Å². The summed E-state index contributed by atoms with van der Waals surface area (Å²) in [6, 6.07) is 7.87. The van der Waals surface area contributed by atoms with Crippen LogP contribution in [-0.2, 0) is 28.5 Å². The van der Waals surface area contributed by atoms with Crippen molar-refractivity contribution in [3.63, 3.8) is 0 Å². The number of hydrogen-bond donors (Lipinski definition) is 1. The van der Waals surface area contributed by atoms with E-state index in [1.807, 2.05) is 12.1 Å². The van der Waals surface area contributed by atoms with E-state index in [-0.39, 0.29) is 10.8 Å². The summed E-state index contributed by atoms with van der Waals surface area (Å²) in [7, 11) is 0. The van der Waals surface area contributed by atoms with E-state index in [0.29, 0.717) is 35.2 Å². The smallest absolute Gasteiger partial charge is 0.417 e. The molecule has 2 heterocycles. The molecule has 0 atom stereocenters. The zero-order valence-electron chi connectivity index (χ0n) is 16.6. The van der Waals surface area contributed by atoms with Gasteiger partial charge in [-0.3, -0.25) is 9.78 Å². The monoisotopic (exact) mass is 463 g/mol. The molecule has 6 nitrogen and oxygen atoms in total. The summed E-state index contributed by atoms with van der Waals surface area (Å²) in [5.41, 5.74) is 1.70. The molecule has 0 unspecified atom stereocenters. The van der Waals surface area contributed by atoms with E-state index in [0.717, 1.165) is 30.5 Å². The van der Waals surface area contributed by atoms with Gasteiger partial charge in [-0.15, -0.1) is 0 Å². The third-order valence-electron chi connectivity index (χ3n) is 5.13. The molecule has 32 heavy (non-hydrogen) atoms. The lowest BCUT2D eigenvalue weighted by molar-refractivity contribution is -0.137. The topological polar surface area (TPSA) is 81.2 Å². The summed E-state index contributed by atoms with van der Waals surface area (Å²) in [5.74, 6) is -1.70. The minimum Gasteiger partial charge on any atom is -0.452 e. The van der Waals surface area contributed by atoms with Crippen molar-refractivity contribution in [1.82, 2.24) is 9.97 Å². The van der Waals surface area contributed by atoms with Crippen LogP contribution in [0.2, 0.25) is 5.02 Å². The highest BCUT2D eigenvalue weighted by atomic mass is 35.5. The number of nitrogens with zero attached hydrogens (tertiary/aromatic N) is 2. The number of carbonyl (C=O) groups is 2. The Balaban J connectivity index is 1.50. The van der Waals surface area contributed by atoms with Gasteiger partial charge in [-0.1, -0.05) is 29.8 Å². The average Bonchev–Trinajstić information content (AvgIpc) is 2.76. The second kappa shape index (κ2) is 8.74. The summed E-state index contributed by atoms with van der Waals surface area (Å²) in [5, 5.41) is 2.52. The van der Waals surface area contributed by atoms with Crippen LogP contribution in [0.3, 0.4) is 0 Å². The fraction of sp³-hybridized carbons (Fsp3) is 0.273. The molecule has 166 valence electrons. The van der Waals surface area contributed by atoms with Crippen molar-refractivity contribution in [2.24, 2.45) is 0 Å². The molecule has 0 saturated heterocycles. The first-order chi connectivity index (χ1) is 15.2. The molecular formula is C22H17ClF3N3O3. The number of alkyl halides is 3. The molecule has 1 aliphatic rings. The van der Waals surface area contributed by atoms with E-state index >= 15 is 0 Å². The Morgan fingerprint density at radius 2 is 1.91 bits per heavy atom. The molecule has 0 saturated carbocycles. The van der Waals surface area contributed by atoms with Crippen LogP contribution in [0.1, 0.15) is 40.0 Å². The van der Waals surface area contributed by atoms with E-state index in [9.17, 15) is 22.8 Å². The molecule has 0 radical (unpaired) electrons. The molecule has 1 N–H and O–H groups in total. The van der Waals surface area contributed by atoms with E-state index in [2.05, 4.69) is 15.3 Å². The number of fused-ring (bicyclic) bond motifs is 2. The number of aromatic nitrogens is 2. The molecule has 0 spiro atoms. The lowest BCUT2D eigenvalue weighted by Gasteiger charge is -2.20. The number of anilines is 1. The van der Waals surface area contributed by atoms with Gasteiger partial charge in [0.15, 0.2) is 12.4 Å². The molecule has 10 heteroatoms. The molecule has 3 aromatic rings. The highest BCUT2D eigenvalue weighted by Crippen LogP contribution is 2.32. The number of nitrogens with one attached hydrogen (secondary N) is 1. The van der Waals surface area contributed by atoms with Crippen molar-refractivity contribution in [2.75, 3.05) is 11.9 Å². The maximum Gasteiger partial charge on any atom is 0.417 e. The fourth-order valence-electron chi connectivity index (χ4n) is 3.66. The number of benzene rings is 1. The van der Waals surface area contributed by atoms with Crippen molar-refractivity contribution in [3.05, 3.63) is 63.9 Å². The predicted octanol–water partition coefficient (Wildman–Crippen LogP) is 4.98. The van der Waals surface area contributed by atoms with Gasteiger partial charge in [0.25, 0.3) is 5.91 Å². The van der Waals surface area contributed by atoms with Gasteiger partial charge in [-0.2, -0.15) is 13.2 Å². The fourth-order valence-corrected chi connectivity index (χ4v) is 3.88. The molecule has 1 aliphatic carbocycles. The second-order valence-corrected chi connectivity index (χ2v) is 7.72. The van der Waals surface area contributed by atoms with Crippen LogP contribution in [0.25, 0.3) is 10.9 Å². The number of halogens is 4. The number of para-hydroxylation sites is 1. The van der Waals surface area contributed by atoms with E-state index in [4.69, 9.17) is 16.3 Å². The largest absolute Gasteiger partial charge is 0.452 e. The minimum atomic E-state index is -4.61. The highest BCUT2D eigenvalue weighted by Gasteiger charge is 2.32. The van der Waals surface area contributed by atoms with Crippen LogP contribution in [0.15, 0.2) is 36.5 Å². The number of carbonyl (C=O) groups excluding carboxylic acids is 2. The number of ether oxygens (including phenoxy) is 1. The maximum atomic E-state index is 12.9. The van der Waals surface area contributed by atoms with Crippen LogP contribution in [0.5, 0.6) is 0 Å². The van der Waals surface area contributed by atoms with Gasteiger partial charge < -0.3 is 10.1 Å². The Morgan fingerprint density at radius 1 is 1.16 bits per heavy atom. The third-order valence-corrected chi connectivity index (χ3v) is 5.42. The van der Waals surface area contributed by atoms with Gasteiger partial charge >= 0.3 is 12.1 Å². The Morgan fingerprint density at radius 3 is 2.66 bits per heavy atom. The third kappa shape index (κ3) is 4.52. The summed E-state index contributed by atoms with van der Waals surface area (Å²) >= 11 is 5.79. The van der Waals surface area contributed by atoms with Gasteiger partial charge in [-0.05, 0) is 43.4 Å². The van der Waals surface area contributed by atoms with Crippen molar-refractivity contribution in [3.8, 4) is 0 Å². The summed E-state index contributed by atoms with van der Waals surface area (Å²) in [4.78, 5) is 33.3. The van der Waals surface area contributed by atoms with Gasteiger partial charge in [-0.25, -0.2) is 9.78 Å². The van der Waals surface area contributed by atoms with Crippen LogP contribution in [0.4, 0.5) is 19.0 Å².